The number of rotatable bonds is 7. The fourth-order valence-corrected chi connectivity index (χ4v) is 2.74. The van der Waals surface area contributed by atoms with Gasteiger partial charge in [-0.2, -0.15) is 0 Å². The summed E-state index contributed by atoms with van der Waals surface area (Å²) in [4.78, 5) is 11.5. The van der Waals surface area contributed by atoms with Crippen LogP contribution >= 0.6 is 0 Å². The van der Waals surface area contributed by atoms with Crippen LogP contribution in [0.5, 0.6) is 0 Å². The number of aliphatic imine (C=N–C) groups is 1. The van der Waals surface area contributed by atoms with Crippen molar-refractivity contribution in [3.05, 3.63) is 23.9 Å². The van der Waals surface area contributed by atoms with E-state index in [2.05, 4.69) is 58.4 Å². The number of hydrogen-bond acceptors (Lipinski definition) is 5. The molecule has 0 bridgehead atoms. The maximum absolute atomic E-state index is 5.58. The minimum Gasteiger partial charge on any atom is -0.383 e. The van der Waals surface area contributed by atoms with Crippen molar-refractivity contribution in [1.82, 2.24) is 15.6 Å². The molecule has 140 valence electrons. The van der Waals surface area contributed by atoms with E-state index in [-0.39, 0.29) is 12.1 Å². The first-order chi connectivity index (χ1) is 12.1. The van der Waals surface area contributed by atoms with Gasteiger partial charge in [0.1, 0.15) is 5.82 Å². The highest BCUT2D eigenvalue weighted by Gasteiger charge is 2.17. The van der Waals surface area contributed by atoms with E-state index >= 15 is 0 Å². The number of morpholine rings is 1. The van der Waals surface area contributed by atoms with Crippen LogP contribution in [0.2, 0.25) is 0 Å². The third-order valence-corrected chi connectivity index (χ3v) is 3.94. The Morgan fingerprint density at radius 1 is 1.52 bits per heavy atom. The summed E-state index contributed by atoms with van der Waals surface area (Å²) in [6.45, 7) is 10.8. The molecule has 0 radical (unpaired) electrons. The number of ether oxygens (including phenoxy) is 2. The zero-order valence-corrected chi connectivity index (χ0v) is 15.8. The Labute approximate surface area is 150 Å². The van der Waals surface area contributed by atoms with E-state index in [1.165, 1.54) is 0 Å². The standard InChI is InChI=1S/C18H31N5O2/c1-5-19-18(22-14(2)13-24-4)21-11-16-6-7-17(20-10-16)23-8-9-25-15(3)12-23/h6-7,10,14-15H,5,8-9,11-13H2,1-4H3,(H2,19,21,22). The number of methoxy groups -OCH3 is 1. The van der Waals surface area contributed by atoms with Crippen molar-refractivity contribution in [2.75, 3.05) is 44.9 Å². The second-order valence-electron chi connectivity index (χ2n) is 6.35. The molecule has 0 saturated carbocycles. The number of anilines is 1. The fraction of sp³-hybridized carbons (Fsp3) is 0.667. The van der Waals surface area contributed by atoms with Gasteiger partial charge in [-0.05, 0) is 32.4 Å². The first-order valence-electron chi connectivity index (χ1n) is 8.97. The van der Waals surface area contributed by atoms with Crippen LogP contribution in [0.4, 0.5) is 5.82 Å². The molecule has 2 atom stereocenters. The van der Waals surface area contributed by atoms with Crippen molar-refractivity contribution in [2.24, 2.45) is 4.99 Å². The molecule has 1 aromatic heterocycles. The molecule has 1 fully saturated rings. The van der Waals surface area contributed by atoms with Gasteiger partial charge in [0.2, 0.25) is 0 Å². The van der Waals surface area contributed by atoms with Gasteiger partial charge in [0.05, 0.1) is 25.9 Å². The molecular weight excluding hydrogens is 318 g/mol. The smallest absolute Gasteiger partial charge is 0.191 e. The average Bonchev–Trinajstić information content (AvgIpc) is 2.60. The van der Waals surface area contributed by atoms with Crippen molar-refractivity contribution in [1.29, 1.82) is 0 Å². The van der Waals surface area contributed by atoms with Crippen LogP contribution in [0, 0.1) is 0 Å². The second kappa shape index (κ2) is 10.2. The molecule has 1 aliphatic heterocycles. The first-order valence-corrected chi connectivity index (χ1v) is 8.97. The molecule has 2 unspecified atom stereocenters. The Morgan fingerprint density at radius 2 is 2.36 bits per heavy atom. The van der Waals surface area contributed by atoms with Gasteiger partial charge in [0.15, 0.2) is 5.96 Å². The highest BCUT2D eigenvalue weighted by Crippen LogP contribution is 2.15. The Balaban J connectivity index is 1.93. The van der Waals surface area contributed by atoms with Crippen molar-refractivity contribution in [3.63, 3.8) is 0 Å². The topological polar surface area (TPSA) is 71.0 Å². The lowest BCUT2D eigenvalue weighted by molar-refractivity contribution is 0.0529. The molecule has 2 rings (SSSR count). The quantitative estimate of drug-likeness (QED) is 0.573. The average molecular weight is 349 g/mol. The van der Waals surface area contributed by atoms with Gasteiger partial charge in [0, 0.05) is 39.0 Å². The van der Waals surface area contributed by atoms with Crippen LogP contribution in [0.15, 0.2) is 23.3 Å². The highest BCUT2D eigenvalue weighted by atomic mass is 16.5. The van der Waals surface area contributed by atoms with E-state index < -0.39 is 0 Å². The SMILES string of the molecule is CCNC(=NCc1ccc(N2CCOC(C)C2)nc1)NC(C)COC. The number of hydrogen-bond donors (Lipinski definition) is 2. The first kappa shape index (κ1) is 19.5. The monoisotopic (exact) mass is 349 g/mol. The highest BCUT2D eigenvalue weighted by molar-refractivity contribution is 5.80. The molecule has 0 amide bonds. The normalized spacial score (nSPS) is 19.6. The van der Waals surface area contributed by atoms with Crippen molar-refractivity contribution < 1.29 is 9.47 Å². The zero-order chi connectivity index (χ0) is 18.1. The van der Waals surface area contributed by atoms with Crippen LogP contribution in [-0.4, -0.2) is 63.0 Å². The van der Waals surface area contributed by atoms with Crippen molar-refractivity contribution in [2.45, 2.75) is 39.5 Å². The summed E-state index contributed by atoms with van der Waals surface area (Å²) in [5, 5.41) is 6.58. The molecule has 0 aromatic carbocycles. The van der Waals surface area contributed by atoms with Crippen molar-refractivity contribution in [3.8, 4) is 0 Å². The summed E-state index contributed by atoms with van der Waals surface area (Å²) in [5.41, 5.74) is 1.08. The van der Waals surface area contributed by atoms with E-state index in [9.17, 15) is 0 Å². The van der Waals surface area contributed by atoms with Gasteiger partial charge in [0.25, 0.3) is 0 Å². The molecule has 1 aliphatic rings. The fourth-order valence-electron chi connectivity index (χ4n) is 2.74. The Kier molecular flexibility index (Phi) is 7.94. The predicted molar refractivity (Wildman–Crippen MR) is 101 cm³/mol. The van der Waals surface area contributed by atoms with E-state index in [1.54, 1.807) is 7.11 Å². The summed E-state index contributed by atoms with van der Waals surface area (Å²) in [7, 11) is 1.70. The van der Waals surface area contributed by atoms with Gasteiger partial charge in [-0.3, -0.25) is 0 Å². The third-order valence-electron chi connectivity index (χ3n) is 3.94. The van der Waals surface area contributed by atoms with Gasteiger partial charge in [-0.15, -0.1) is 0 Å². The molecule has 7 heteroatoms. The van der Waals surface area contributed by atoms with E-state index in [0.29, 0.717) is 13.2 Å². The Bertz CT molecular complexity index is 535. The summed E-state index contributed by atoms with van der Waals surface area (Å²) < 4.78 is 10.7. The second-order valence-corrected chi connectivity index (χ2v) is 6.35. The minimum atomic E-state index is 0.201. The Hall–Kier alpha value is -1.86. The third kappa shape index (κ3) is 6.51. The lowest BCUT2D eigenvalue weighted by Crippen LogP contribution is -2.43. The molecule has 25 heavy (non-hydrogen) atoms. The number of guanidine groups is 1. The molecule has 7 nitrogen and oxygen atoms in total. The molecule has 1 aromatic rings. The number of pyridine rings is 1. The lowest BCUT2D eigenvalue weighted by Gasteiger charge is -2.32. The summed E-state index contributed by atoms with van der Waals surface area (Å²) in [6.07, 6.45) is 2.16. The van der Waals surface area contributed by atoms with E-state index in [4.69, 9.17) is 9.47 Å². The minimum absolute atomic E-state index is 0.201. The number of aromatic nitrogens is 1. The van der Waals surface area contributed by atoms with E-state index in [1.807, 2.05) is 6.20 Å². The molecular formula is C18H31N5O2. The van der Waals surface area contributed by atoms with Crippen molar-refractivity contribution >= 4 is 11.8 Å². The van der Waals surface area contributed by atoms with Crippen LogP contribution < -0.4 is 15.5 Å². The maximum atomic E-state index is 5.58. The van der Waals surface area contributed by atoms with Gasteiger partial charge < -0.3 is 25.0 Å². The van der Waals surface area contributed by atoms with Crippen LogP contribution in [-0.2, 0) is 16.0 Å². The number of nitrogens with zero attached hydrogens (tertiary/aromatic N) is 3. The number of nitrogens with one attached hydrogen (secondary N) is 2. The Morgan fingerprint density at radius 3 is 3.00 bits per heavy atom. The molecule has 1 saturated heterocycles. The van der Waals surface area contributed by atoms with E-state index in [0.717, 1.165) is 43.6 Å². The summed E-state index contributed by atoms with van der Waals surface area (Å²) in [5.74, 6) is 1.79. The molecule has 2 N–H and O–H groups in total. The lowest BCUT2D eigenvalue weighted by atomic mass is 10.2. The molecule has 2 heterocycles. The maximum Gasteiger partial charge on any atom is 0.191 e. The predicted octanol–water partition coefficient (Wildman–Crippen LogP) is 1.40. The van der Waals surface area contributed by atoms with Crippen LogP contribution in [0.1, 0.15) is 26.3 Å². The van der Waals surface area contributed by atoms with Gasteiger partial charge in [-0.25, -0.2) is 9.98 Å². The zero-order valence-electron chi connectivity index (χ0n) is 15.8. The summed E-state index contributed by atoms with van der Waals surface area (Å²) in [6, 6.07) is 4.36. The largest absolute Gasteiger partial charge is 0.383 e. The van der Waals surface area contributed by atoms with Crippen LogP contribution in [0.3, 0.4) is 0 Å². The van der Waals surface area contributed by atoms with Gasteiger partial charge >= 0.3 is 0 Å². The van der Waals surface area contributed by atoms with Crippen LogP contribution in [0.25, 0.3) is 0 Å². The van der Waals surface area contributed by atoms with Gasteiger partial charge in [-0.1, -0.05) is 6.07 Å². The molecule has 0 aliphatic carbocycles. The summed E-state index contributed by atoms with van der Waals surface area (Å²) >= 11 is 0. The molecule has 0 spiro atoms.